The molecule has 7 heteroatoms. The first-order valence-corrected chi connectivity index (χ1v) is 4.56. The van der Waals surface area contributed by atoms with Crippen LogP contribution < -0.4 is 5.84 Å². The molecule has 0 aliphatic carbocycles. The topological polar surface area (TPSA) is 61.9 Å². The highest BCUT2D eigenvalue weighted by molar-refractivity contribution is 7.80. The lowest BCUT2D eigenvalue weighted by Crippen LogP contribution is -2.60. The van der Waals surface area contributed by atoms with E-state index in [1.54, 1.807) is 0 Å². The SMILES string of the molecule is CC(C)(C)N1N=C(F)C(=O)N(N)C1S. The average molecular weight is 220 g/mol. The van der Waals surface area contributed by atoms with Gasteiger partial charge in [-0.1, -0.05) is 0 Å². The molecule has 1 heterocycles. The van der Waals surface area contributed by atoms with Crippen LogP contribution in [0.1, 0.15) is 20.8 Å². The summed E-state index contributed by atoms with van der Waals surface area (Å²) in [6.07, 6.45) is 0. The Kier molecular flexibility index (Phi) is 2.73. The predicted molar refractivity (Wildman–Crippen MR) is 53.9 cm³/mol. The van der Waals surface area contributed by atoms with Gasteiger partial charge in [0.15, 0.2) is 5.50 Å². The molecule has 1 amide bonds. The third-order valence-corrected chi connectivity index (χ3v) is 2.23. The van der Waals surface area contributed by atoms with Gasteiger partial charge in [0, 0.05) is 0 Å². The minimum absolute atomic E-state index is 0.456. The first-order chi connectivity index (χ1) is 6.25. The van der Waals surface area contributed by atoms with Gasteiger partial charge >= 0.3 is 5.91 Å². The third kappa shape index (κ3) is 1.83. The van der Waals surface area contributed by atoms with Gasteiger partial charge < -0.3 is 0 Å². The largest absolute Gasteiger partial charge is 0.320 e. The van der Waals surface area contributed by atoms with Gasteiger partial charge in [0.2, 0.25) is 0 Å². The van der Waals surface area contributed by atoms with Gasteiger partial charge in [-0.2, -0.15) is 4.39 Å². The number of amides is 1. The van der Waals surface area contributed by atoms with Gasteiger partial charge in [-0.15, -0.1) is 17.7 Å². The quantitative estimate of drug-likeness (QED) is 0.350. The van der Waals surface area contributed by atoms with Crippen molar-refractivity contribution in [3.05, 3.63) is 0 Å². The Bertz CT molecular complexity index is 288. The molecule has 1 aliphatic rings. The van der Waals surface area contributed by atoms with Crippen LogP contribution in [-0.2, 0) is 4.79 Å². The van der Waals surface area contributed by atoms with Crippen molar-refractivity contribution in [3.8, 4) is 0 Å². The van der Waals surface area contributed by atoms with Crippen molar-refractivity contribution in [1.29, 1.82) is 0 Å². The molecule has 5 nitrogen and oxygen atoms in total. The zero-order valence-electron chi connectivity index (χ0n) is 8.23. The molecule has 0 spiro atoms. The number of nitrogens with two attached hydrogens (primary N) is 1. The zero-order valence-corrected chi connectivity index (χ0v) is 9.12. The molecule has 0 aromatic carbocycles. The zero-order chi connectivity index (χ0) is 11.1. The number of thiol groups is 1. The normalized spacial score (nSPS) is 24.0. The fourth-order valence-corrected chi connectivity index (χ4v) is 1.52. The molecule has 0 aromatic heterocycles. The second kappa shape index (κ2) is 3.39. The number of halogens is 1. The fraction of sp³-hybridized carbons (Fsp3) is 0.714. The Labute approximate surface area is 87.1 Å². The molecule has 80 valence electrons. The highest BCUT2D eigenvalue weighted by Gasteiger charge is 2.37. The maximum Gasteiger partial charge on any atom is 0.320 e. The monoisotopic (exact) mass is 220 g/mol. The second-order valence-corrected chi connectivity index (χ2v) is 4.43. The number of rotatable bonds is 0. The lowest BCUT2D eigenvalue weighted by atomic mass is 10.1. The second-order valence-electron chi connectivity index (χ2n) is 3.97. The number of nitrogens with zero attached hydrogens (tertiary/aromatic N) is 3. The molecule has 0 bridgehead atoms. The standard InChI is InChI=1S/C7H13FN4OS/c1-7(2,3)12-6(14)11(9)5(13)4(8)10-12/h6,14H,9H2,1-3H3. The van der Waals surface area contributed by atoms with Crippen LogP contribution in [0.3, 0.4) is 0 Å². The van der Waals surface area contributed by atoms with Gasteiger partial charge in [-0.05, 0) is 20.8 Å². The van der Waals surface area contributed by atoms with Crippen molar-refractivity contribution in [2.75, 3.05) is 0 Å². The number of hydrogen-bond acceptors (Lipinski definition) is 5. The van der Waals surface area contributed by atoms with Gasteiger partial charge in [-0.3, -0.25) is 9.80 Å². The van der Waals surface area contributed by atoms with Crippen LogP contribution in [0, 0.1) is 0 Å². The van der Waals surface area contributed by atoms with Crippen LogP contribution >= 0.6 is 12.6 Å². The summed E-state index contributed by atoms with van der Waals surface area (Å²) in [5.74, 6) is 3.27. The first kappa shape index (κ1) is 11.3. The lowest BCUT2D eigenvalue weighted by molar-refractivity contribution is -0.132. The van der Waals surface area contributed by atoms with Crippen molar-refractivity contribution in [2.24, 2.45) is 10.9 Å². The van der Waals surface area contributed by atoms with Crippen molar-refractivity contribution < 1.29 is 9.18 Å². The number of hydrazine groups is 1. The Morgan fingerprint density at radius 3 is 2.50 bits per heavy atom. The van der Waals surface area contributed by atoms with Crippen molar-refractivity contribution in [1.82, 2.24) is 10.0 Å². The predicted octanol–water partition coefficient (Wildman–Crippen LogP) is 0.299. The molecule has 0 fully saturated rings. The Morgan fingerprint density at radius 2 is 2.07 bits per heavy atom. The summed E-state index contributed by atoms with van der Waals surface area (Å²) in [4.78, 5) is 11.0. The molecule has 14 heavy (non-hydrogen) atoms. The van der Waals surface area contributed by atoms with Gasteiger partial charge in [-0.25, -0.2) is 10.9 Å². The molecular weight excluding hydrogens is 207 g/mol. The van der Waals surface area contributed by atoms with Crippen molar-refractivity contribution in [2.45, 2.75) is 31.8 Å². The summed E-state index contributed by atoms with van der Waals surface area (Å²) in [5, 5.41) is 5.53. The van der Waals surface area contributed by atoms with E-state index in [2.05, 4.69) is 17.7 Å². The van der Waals surface area contributed by atoms with E-state index in [1.165, 1.54) is 5.01 Å². The molecule has 1 unspecified atom stereocenters. The van der Waals surface area contributed by atoms with Crippen LogP contribution in [0.25, 0.3) is 0 Å². The van der Waals surface area contributed by atoms with Crippen LogP contribution in [0.2, 0.25) is 0 Å². The van der Waals surface area contributed by atoms with Gasteiger partial charge in [0.1, 0.15) is 0 Å². The van der Waals surface area contributed by atoms with E-state index in [4.69, 9.17) is 5.84 Å². The number of carbonyl (C=O) groups is 1. The number of hydrazone groups is 1. The maximum absolute atomic E-state index is 13.0. The molecule has 0 saturated carbocycles. The minimum atomic E-state index is -1.12. The molecule has 0 radical (unpaired) electrons. The summed E-state index contributed by atoms with van der Waals surface area (Å²) in [5.41, 5.74) is -1.20. The Balaban J connectivity index is 3.05. The van der Waals surface area contributed by atoms with Crippen molar-refractivity contribution >= 4 is 24.5 Å². The Hall–Kier alpha value is -0.820. The minimum Gasteiger partial charge on any atom is -0.263 e. The summed E-state index contributed by atoms with van der Waals surface area (Å²) < 4.78 is 13.0. The molecule has 2 N–H and O–H groups in total. The van der Waals surface area contributed by atoms with Gasteiger partial charge in [0.05, 0.1) is 5.54 Å². The van der Waals surface area contributed by atoms with Crippen LogP contribution in [-0.4, -0.2) is 32.9 Å². The van der Waals surface area contributed by atoms with E-state index in [-0.39, 0.29) is 0 Å². The van der Waals surface area contributed by atoms with Crippen LogP contribution in [0.5, 0.6) is 0 Å². The molecule has 0 aromatic rings. The van der Waals surface area contributed by atoms with E-state index in [0.717, 1.165) is 0 Å². The number of carbonyl (C=O) groups excluding carboxylic acids is 1. The lowest BCUT2D eigenvalue weighted by Gasteiger charge is -2.42. The highest BCUT2D eigenvalue weighted by atomic mass is 32.1. The molecule has 1 aliphatic heterocycles. The fourth-order valence-electron chi connectivity index (χ4n) is 1.01. The molecular formula is C7H13FN4OS. The van der Waals surface area contributed by atoms with E-state index in [0.29, 0.717) is 5.01 Å². The van der Waals surface area contributed by atoms with Gasteiger partial charge in [0.25, 0.3) is 5.97 Å². The summed E-state index contributed by atoms with van der Waals surface area (Å²) in [6.45, 7) is 5.45. The average Bonchev–Trinajstić information content (AvgIpc) is 2.06. The smallest absolute Gasteiger partial charge is 0.263 e. The van der Waals surface area contributed by atoms with E-state index in [1.807, 2.05) is 20.8 Å². The van der Waals surface area contributed by atoms with Crippen molar-refractivity contribution in [3.63, 3.8) is 0 Å². The van der Waals surface area contributed by atoms with E-state index < -0.39 is 22.9 Å². The summed E-state index contributed by atoms with van der Waals surface area (Å²) in [6, 6.07) is 0. The van der Waals surface area contributed by atoms with E-state index >= 15 is 0 Å². The highest BCUT2D eigenvalue weighted by Crippen LogP contribution is 2.24. The first-order valence-electron chi connectivity index (χ1n) is 4.05. The number of hydrogen-bond donors (Lipinski definition) is 2. The third-order valence-electron chi connectivity index (χ3n) is 1.76. The molecule has 0 saturated heterocycles. The summed E-state index contributed by atoms with van der Waals surface area (Å²) >= 11 is 4.08. The Morgan fingerprint density at radius 1 is 1.57 bits per heavy atom. The summed E-state index contributed by atoms with van der Waals surface area (Å²) in [7, 11) is 0. The van der Waals surface area contributed by atoms with Crippen LogP contribution in [0.15, 0.2) is 5.10 Å². The van der Waals surface area contributed by atoms with Crippen LogP contribution in [0.4, 0.5) is 4.39 Å². The van der Waals surface area contributed by atoms with E-state index in [9.17, 15) is 9.18 Å². The molecule has 1 atom stereocenters. The molecule has 1 rings (SSSR count). The maximum atomic E-state index is 13.0.